The fourth-order valence-electron chi connectivity index (χ4n) is 4.69. The van der Waals surface area contributed by atoms with E-state index in [1.807, 2.05) is 49.4 Å². The Hall–Kier alpha value is -2.59. The Balaban J connectivity index is 1.61. The minimum Gasteiger partial charge on any atom is -0.451 e. The number of nitrogens with one attached hydrogen (secondary N) is 1. The Bertz CT molecular complexity index is 1070. The van der Waals surface area contributed by atoms with Gasteiger partial charge in [0.15, 0.2) is 0 Å². The van der Waals surface area contributed by atoms with Crippen LogP contribution in [0, 0.1) is 6.92 Å². The van der Waals surface area contributed by atoms with E-state index in [0.29, 0.717) is 17.0 Å². The zero-order chi connectivity index (χ0) is 22.7. The molecule has 5 heteroatoms. The molecule has 2 aliphatic rings. The number of esters is 1. The van der Waals surface area contributed by atoms with E-state index in [4.69, 9.17) is 16.3 Å². The van der Waals surface area contributed by atoms with Gasteiger partial charge in [0, 0.05) is 22.7 Å². The Morgan fingerprint density at radius 1 is 1.12 bits per heavy atom. The number of ether oxygens (including phenoxy) is 1. The first-order valence-electron chi connectivity index (χ1n) is 11.6. The van der Waals surface area contributed by atoms with Crippen LogP contribution in [-0.2, 0) is 14.3 Å². The number of carbonyl (C=O) groups is 2. The fourth-order valence-corrected chi connectivity index (χ4v) is 4.97. The van der Waals surface area contributed by atoms with Gasteiger partial charge >= 0.3 is 5.97 Å². The average molecular weight is 452 g/mol. The maximum absolute atomic E-state index is 12.7. The van der Waals surface area contributed by atoms with Crippen molar-refractivity contribution >= 4 is 34.7 Å². The molecule has 1 fully saturated rings. The predicted molar refractivity (Wildman–Crippen MR) is 130 cm³/mol. The summed E-state index contributed by atoms with van der Waals surface area (Å²) in [5, 5.41) is 3.53. The lowest BCUT2D eigenvalue weighted by molar-refractivity contribution is -0.146. The van der Waals surface area contributed by atoms with Crippen molar-refractivity contribution in [2.75, 3.05) is 5.32 Å². The Kier molecular flexibility index (Phi) is 6.71. The van der Waals surface area contributed by atoms with Crippen molar-refractivity contribution in [1.82, 2.24) is 0 Å². The van der Waals surface area contributed by atoms with Gasteiger partial charge < -0.3 is 10.1 Å². The Morgan fingerprint density at radius 2 is 1.91 bits per heavy atom. The summed E-state index contributed by atoms with van der Waals surface area (Å²) in [6.45, 7) is 4.06. The van der Waals surface area contributed by atoms with Gasteiger partial charge in [0.2, 0.25) is 5.91 Å². The third kappa shape index (κ3) is 4.75. The van der Waals surface area contributed by atoms with Crippen LogP contribution in [0.1, 0.15) is 69.4 Å². The highest BCUT2D eigenvalue weighted by molar-refractivity contribution is 6.34. The van der Waals surface area contributed by atoms with Gasteiger partial charge in [-0.15, -0.1) is 0 Å². The van der Waals surface area contributed by atoms with Gasteiger partial charge in [0.25, 0.3) is 0 Å². The number of carbonyl (C=O) groups excluding carboxylic acids is 2. The minimum absolute atomic E-state index is 0.0185. The number of amides is 1. The molecule has 0 atom stereocenters. The highest BCUT2D eigenvalue weighted by Crippen LogP contribution is 2.43. The smallest absolute Gasteiger partial charge is 0.339 e. The lowest BCUT2D eigenvalue weighted by Crippen LogP contribution is -2.30. The van der Waals surface area contributed by atoms with Crippen LogP contribution in [0.5, 0.6) is 0 Å². The van der Waals surface area contributed by atoms with Crippen molar-refractivity contribution in [2.45, 2.75) is 70.8 Å². The van der Waals surface area contributed by atoms with Crippen molar-refractivity contribution in [3.05, 3.63) is 58.6 Å². The topological polar surface area (TPSA) is 55.4 Å². The third-order valence-electron chi connectivity index (χ3n) is 6.44. The molecule has 1 aliphatic carbocycles. The molecule has 1 amide bonds. The zero-order valence-electron chi connectivity index (χ0n) is 18.8. The molecular weight excluding hydrogens is 422 g/mol. The maximum Gasteiger partial charge on any atom is 0.339 e. The molecular formula is C27H30ClNO3. The number of hydrogen-bond donors (Lipinski definition) is 1. The quantitative estimate of drug-likeness (QED) is 0.477. The fraction of sp³-hybridized carbons (Fsp3) is 0.407. The average Bonchev–Trinajstić information content (AvgIpc) is 3.09. The highest BCUT2D eigenvalue weighted by atomic mass is 35.5. The minimum atomic E-state index is -0.438. The van der Waals surface area contributed by atoms with E-state index in [9.17, 15) is 9.59 Å². The molecule has 1 spiro atoms. The molecule has 0 unspecified atom stereocenters. The molecule has 0 radical (unpaired) electrons. The standard InChI is InChI=1S/C27H30ClNO3/c1-3-4-11-25(30)29-20-10-8-9-19(15-20)22-14-18(2)21(16-24(22)28)23-17-27(32-26(23)31)12-6-5-7-13-27/h8-10,14-17H,3-7,11-13H2,1-2H3,(H,29,30). The van der Waals surface area contributed by atoms with E-state index in [1.165, 1.54) is 6.42 Å². The van der Waals surface area contributed by atoms with Crippen LogP contribution in [0.3, 0.4) is 0 Å². The second-order valence-electron chi connectivity index (χ2n) is 8.95. The van der Waals surface area contributed by atoms with Crippen molar-refractivity contribution < 1.29 is 14.3 Å². The van der Waals surface area contributed by atoms with Gasteiger partial charge in [-0.1, -0.05) is 43.5 Å². The molecule has 0 bridgehead atoms. The first-order valence-corrected chi connectivity index (χ1v) is 12.0. The van der Waals surface area contributed by atoms with Gasteiger partial charge in [-0.05, 0) is 86.1 Å². The summed E-state index contributed by atoms with van der Waals surface area (Å²) in [4.78, 5) is 24.8. The Morgan fingerprint density at radius 3 is 2.66 bits per heavy atom. The molecule has 1 heterocycles. The largest absolute Gasteiger partial charge is 0.451 e. The molecule has 4 nitrogen and oxygen atoms in total. The summed E-state index contributed by atoms with van der Waals surface area (Å²) < 4.78 is 5.83. The van der Waals surface area contributed by atoms with Crippen LogP contribution in [0.25, 0.3) is 16.7 Å². The molecule has 2 aromatic carbocycles. The normalized spacial score (nSPS) is 17.2. The molecule has 0 aromatic heterocycles. The molecule has 2 aromatic rings. The lowest BCUT2D eigenvalue weighted by Gasteiger charge is -2.30. The van der Waals surface area contributed by atoms with E-state index < -0.39 is 5.60 Å². The predicted octanol–water partition coefficient (Wildman–Crippen LogP) is 7.09. The molecule has 32 heavy (non-hydrogen) atoms. The summed E-state index contributed by atoms with van der Waals surface area (Å²) >= 11 is 6.70. The van der Waals surface area contributed by atoms with Gasteiger partial charge in [0.05, 0.1) is 5.57 Å². The number of benzene rings is 2. The van der Waals surface area contributed by atoms with Crippen molar-refractivity contribution in [2.24, 2.45) is 0 Å². The van der Waals surface area contributed by atoms with Crippen LogP contribution in [0.4, 0.5) is 5.69 Å². The number of unbranched alkanes of at least 4 members (excludes halogenated alkanes) is 1. The summed E-state index contributed by atoms with van der Waals surface area (Å²) in [5.41, 5.74) is 4.53. The molecule has 0 saturated heterocycles. The first kappa shape index (κ1) is 22.6. The lowest BCUT2D eigenvalue weighted by atomic mass is 9.84. The number of rotatable bonds is 6. The van der Waals surface area contributed by atoms with Gasteiger partial charge in [-0.25, -0.2) is 4.79 Å². The van der Waals surface area contributed by atoms with E-state index in [-0.39, 0.29) is 11.9 Å². The third-order valence-corrected chi connectivity index (χ3v) is 6.75. The molecule has 168 valence electrons. The zero-order valence-corrected chi connectivity index (χ0v) is 19.6. The van der Waals surface area contributed by atoms with E-state index >= 15 is 0 Å². The molecule has 1 saturated carbocycles. The molecule has 4 rings (SSSR count). The van der Waals surface area contributed by atoms with Crippen molar-refractivity contribution in [3.8, 4) is 11.1 Å². The summed E-state index contributed by atoms with van der Waals surface area (Å²) in [7, 11) is 0. The van der Waals surface area contributed by atoms with Gasteiger partial charge in [0.1, 0.15) is 5.60 Å². The van der Waals surface area contributed by atoms with E-state index in [1.54, 1.807) is 0 Å². The van der Waals surface area contributed by atoms with Crippen LogP contribution in [0.15, 0.2) is 42.5 Å². The van der Waals surface area contributed by atoms with Crippen molar-refractivity contribution in [3.63, 3.8) is 0 Å². The number of anilines is 1. The highest BCUT2D eigenvalue weighted by Gasteiger charge is 2.41. The van der Waals surface area contributed by atoms with Crippen molar-refractivity contribution in [1.29, 1.82) is 0 Å². The summed E-state index contributed by atoms with van der Waals surface area (Å²) in [6, 6.07) is 11.6. The van der Waals surface area contributed by atoms with Gasteiger partial charge in [-0.3, -0.25) is 4.79 Å². The number of hydrogen-bond acceptors (Lipinski definition) is 3. The molecule has 1 N–H and O–H groups in total. The van der Waals surface area contributed by atoms with Gasteiger partial charge in [-0.2, -0.15) is 0 Å². The second-order valence-corrected chi connectivity index (χ2v) is 9.36. The SMILES string of the molecule is CCCCC(=O)Nc1cccc(-c2cc(C)c(C3=CC4(CCCCC4)OC3=O)cc2Cl)c1. The summed E-state index contributed by atoms with van der Waals surface area (Å²) in [5.74, 6) is -0.236. The van der Waals surface area contributed by atoms with Crippen LogP contribution in [0.2, 0.25) is 5.02 Å². The maximum atomic E-state index is 12.7. The van der Waals surface area contributed by atoms with E-state index in [0.717, 1.165) is 66.5 Å². The number of halogens is 1. The van der Waals surface area contributed by atoms with E-state index in [2.05, 4.69) is 12.2 Å². The van der Waals surface area contributed by atoms with Crippen LogP contribution >= 0.6 is 11.6 Å². The second kappa shape index (κ2) is 9.50. The Labute approximate surface area is 195 Å². The summed E-state index contributed by atoms with van der Waals surface area (Å²) in [6.07, 6.45) is 9.55. The number of aryl methyl sites for hydroxylation is 1. The first-order chi connectivity index (χ1) is 15.4. The molecule has 1 aliphatic heterocycles. The monoisotopic (exact) mass is 451 g/mol. The van der Waals surface area contributed by atoms with Crippen LogP contribution in [-0.4, -0.2) is 17.5 Å². The van der Waals surface area contributed by atoms with Crippen LogP contribution < -0.4 is 5.32 Å².